The highest BCUT2D eigenvalue weighted by atomic mass is 16.7. The van der Waals surface area contributed by atoms with Crippen molar-refractivity contribution in [2.24, 2.45) is 0 Å². The maximum Gasteiger partial charge on any atom is 0.253 e. The van der Waals surface area contributed by atoms with Gasteiger partial charge in [-0.2, -0.15) is 0 Å². The molecular formula is C13H20N2O3. The van der Waals surface area contributed by atoms with Crippen LogP contribution in [0.5, 0.6) is 0 Å². The second kappa shape index (κ2) is 6.37. The van der Waals surface area contributed by atoms with Gasteiger partial charge in [0.2, 0.25) is 0 Å². The number of hydrogen-bond donors (Lipinski definition) is 2. The predicted octanol–water partition coefficient (Wildman–Crippen LogP) is 1.24. The molecule has 0 bridgehead atoms. The number of hydrogen-bond acceptors (Lipinski definition) is 4. The van der Waals surface area contributed by atoms with Crippen molar-refractivity contribution in [1.29, 1.82) is 0 Å². The van der Waals surface area contributed by atoms with E-state index in [4.69, 9.17) is 15.3 Å². The van der Waals surface area contributed by atoms with Crippen LogP contribution in [0.2, 0.25) is 0 Å². The van der Waals surface area contributed by atoms with Crippen molar-refractivity contribution in [2.75, 3.05) is 26.1 Å². The molecule has 0 fully saturated rings. The maximum atomic E-state index is 12.0. The van der Waals surface area contributed by atoms with E-state index < -0.39 is 5.41 Å². The SMILES string of the molecule is COCCONC(=O)C(C)(C)c1ccc(N)cc1. The first kappa shape index (κ1) is 14.5. The highest BCUT2D eigenvalue weighted by Gasteiger charge is 2.29. The van der Waals surface area contributed by atoms with E-state index in [9.17, 15) is 4.79 Å². The number of nitrogen functional groups attached to an aromatic ring is 1. The monoisotopic (exact) mass is 252 g/mol. The second-order valence-electron chi connectivity index (χ2n) is 4.52. The number of benzene rings is 1. The largest absolute Gasteiger partial charge is 0.399 e. The third-order valence-electron chi connectivity index (χ3n) is 2.75. The summed E-state index contributed by atoms with van der Waals surface area (Å²) >= 11 is 0. The molecule has 0 saturated heterocycles. The molecule has 18 heavy (non-hydrogen) atoms. The molecule has 5 nitrogen and oxygen atoms in total. The molecule has 0 aliphatic rings. The lowest BCUT2D eigenvalue weighted by Gasteiger charge is -2.23. The molecule has 3 N–H and O–H groups in total. The zero-order chi connectivity index (χ0) is 13.6. The second-order valence-corrected chi connectivity index (χ2v) is 4.52. The van der Waals surface area contributed by atoms with Gasteiger partial charge in [-0.15, -0.1) is 0 Å². The van der Waals surface area contributed by atoms with E-state index in [1.807, 2.05) is 26.0 Å². The highest BCUT2D eigenvalue weighted by molar-refractivity contribution is 5.86. The zero-order valence-corrected chi connectivity index (χ0v) is 11.0. The minimum Gasteiger partial charge on any atom is -0.399 e. The fourth-order valence-corrected chi connectivity index (χ4v) is 1.40. The van der Waals surface area contributed by atoms with Crippen LogP contribution in [0.4, 0.5) is 5.69 Å². The standard InChI is InChI=1S/C13H20N2O3/c1-13(2,10-4-6-11(14)7-5-10)12(16)15-18-9-8-17-3/h4-7H,8-9,14H2,1-3H3,(H,15,16). The number of ether oxygens (including phenoxy) is 1. The summed E-state index contributed by atoms with van der Waals surface area (Å²) in [6, 6.07) is 7.22. The first-order valence-corrected chi connectivity index (χ1v) is 5.75. The number of carbonyl (C=O) groups is 1. The molecule has 0 atom stereocenters. The van der Waals surface area contributed by atoms with Crippen LogP contribution in [0.1, 0.15) is 19.4 Å². The van der Waals surface area contributed by atoms with Crippen LogP contribution < -0.4 is 11.2 Å². The van der Waals surface area contributed by atoms with Crippen LogP contribution in [-0.4, -0.2) is 26.2 Å². The Labute approximate surface area is 107 Å². The van der Waals surface area contributed by atoms with Crippen molar-refractivity contribution in [3.8, 4) is 0 Å². The number of methoxy groups -OCH3 is 1. The van der Waals surface area contributed by atoms with Crippen LogP contribution in [0, 0.1) is 0 Å². The Hall–Kier alpha value is -1.59. The zero-order valence-electron chi connectivity index (χ0n) is 11.0. The lowest BCUT2D eigenvalue weighted by Crippen LogP contribution is -2.40. The Morgan fingerprint density at radius 2 is 1.89 bits per heavy atom. The molecule has 0 saturated carbocycles. The third-order valence-corrected chi connectivity index (χ3v) is 2.75. The molecule has 0 aliphatic heterocycles. The first-order valence-electron chi connectivity index (χ1n) is 5.75. The van der Waals surface area contributed by atoms with E-state index in [-0.39, 0.29) is 5.91 Å². The molecule has 100 valence electrons. The van der Waals surface area contributed by atoms with Crippen LogP contribution in [0.15, 0.2) is 24.3 Å². The minimum atomic E-state index is -0.680. The first-order chi connectivity index (χ1) is 8.48. The molecule has 1 rings (SSSR count). The van der Waals surface area contributed by atoms with Gasteiger partial charge < -0.3 is 10.5 Å². The Morgan fingerprint density at radius 1 is 1.28 bits per heavy atom. The van der Waals surface area contributed by atoms with Crippen molar-refractivity contribution < 1.29 is 14.4 Å². The molecule has 1 aromatic carbocycles. The summed E-state index contributed by atoms with van der Waals surface area (Å²) in [5.74, 6) is -0.205. The van der Waals surface area contributed by atoms with Crippen molar-refractivity contribution >= 4 is 11.6 Å². The third kappa shape index (κ3) is 3.72. The van der Waals surface area contributed by atoms with E-state index >= 15 is 0 Å². The van der Waals surface area contributed by atoms with Crippen LogP contribution in [0.3, 0.4) is 0 Å². The lowest BCUT2D eigenvalue weighted by atomic mass is 9.84. The Morgan fingerprint density at radius 3 is 2.44 bits per heavy atom. The van der Waals surface area contributed by atoms with E-state index in [2.05, 4.69) is 5.48 Å². The summed E-state index contributed by atoms with van der Waals surface area (Å²) < 4.78 is 4.82. The highest BCUT2D eigenvalue weighted by Crippen LogP contribution is 2.24. The van der Waals surface area contributed by atoms with Gasteiger partial charge in [-0.05, 0) is 31.5 Å². The molecule has 0 radical (unpaired) electrons. The van der Waals surface area contributed by atoms with Gasteiger partial charge in [-0.25, -0.2) is 5.48 Å². The van der Waals surface area contributed by atoms with Crippen LogP contribution in [0.25, 0.3) is 0 Å². The number of hydroxylamine groups is 1. The molecule has 0 spiro atoms. The van der Waals surface area contributed by atoms with Gasteiger partial charge in [0.05, 0.1) is 18.6 Å². The topological polar surface area (TPSA) is 73.6 Å². The molecule has 0 unspecified atom stereocenters. The van der Waals surface area contributed by atoms with Crippen molar-refractivity contribution in [3.05, 3.63) is 29.8 Å². The van der Waals surface area contributed by atoms with Gasteiger partial charge in [-0.3, -0.25) is 9.63 Å². The fraction of sp³-hybridized carbons (Fsp3) is 0.462. The van der Waals surface area contributed by atoms with Gasteiger partial charge in [0, 0.05) is 12.8 Å². The Kier molecular flexibility index (Phi) is 5.12. The number of amides is 1. The van der Waals surface area contributed by atoms with Crippen LogP contribution in [-0.2, 0) is 19.8 Å². The molecule has 0 heterocycles. The van der Waals surface area contributed by atoms with E-state index in [0.29, 0.717) is 18.9 Å². The summed E-state index contributed by atoms with van der Waals surface area (Å²) in [5, 5.41) is 0. The average molecular weight is 252 g/mol. The Balaban J connectivity index is 2.61. The summed E-state index contributed by atoms with van der Waals surface area (Å²) in [5.41, 5.74) is 8.91. The molecular weight excluding hydrogens is 232 g/mol. The number of nitrogens with one attached hydrogen (secondary N) is 1. The van der Waals surface area contributed by atoms with Crippen molar-refractivity contribution in [1.82, 2.24) is 5.48 Å². The van der Waals surface area contributed by atoms with E-state index in [1.165, 1.54) is 0 Å². The van der Waals surface area contributed by atoms with Gasteiger partial charge in [0.1, 0.15) is 0 Å². The maximum absolute atomic E-state index is 12.0. The predicted molar refractivity (Wildman–Crippen MR) is 69.9 cm³/mol. The van der Waals surface area contributed by atoms with Gasteiger partial charge >= 0.3 is 0 Å². The molecule has 5 heteroatoms. The molecule has 0 aromatic heterocycles. The van der Waals surface area contributed by atoms with Crippen LogP contribution >= 0.6 is 0 Å². The van der Waals surface area contributed by atoms with E-state index in [0.717, 1.165) is 5.56 Å². The minimum absolute atomic E-state index is 0.205. The van der Waals surface area contributed by atoms with Crippen molar-refractivity contribution in [3.63, 3.8) is 0 Å². The number of nitrogens with two attached hydrogens (primary N) is 1. The summed E-state index contributed by atoms with van der Waals surface area (Å²) in [7, 11) is 1.57. The van der Waals surface area contributed by atoms with Gasteiger partial charge in [-0.1, -0.05) is 12.1 Å². The van der Waals surface area contributed by atoms with Gasteiger partial charge in [0.15, 0.2) is 0 Å². The number of carbonyl (C=O) groups excluding carboxylic acids is 1. The average Bonchev–Trinajstić information content (AvgIpc) is 2.35. The van der Waals surface area contributed by atoms with E-state index in [1.54, 1.807) is 19.2 Å². The number of anilines is 1. The lowest BCUT2D eigenvalue weighted by molar-refractivity contribution is -0.139. The Bertz CT molecular complexity index is 388. The van der Waals surface area contributed by atoms with Gasteiger partial charge in [0.25, 0.3) is 5.91 Å². The normalized spacial score (nSPS) is 11.3. The summed E-state index contributed by atoms with van der Waals surface area (Å²) in [6.07, 6.45) is 0. The van der Waals surface area contributed by atoms with Crippen molar-refractivity contribution in [2.45, 2.75) is 19.3 Å². The smallest absolute Gasteiger partial charge is 0.253 e. The number of rotatable bonds is 6. The molecule has 1 amide bonds. The summed E-state index contributed by atoms with van der Waals surface area (Å²) in [6.45, 7) is 4.41. The molecule has 1 aromatic rings. The summed E-state index contributed by atoms with van der Waals surface area (Å²) in [4.78, 5) is 17.0. The molecule has 0 aliphatic carbocycles. The fourth-order valence-electron chi connectivity index (χ4n) is 1.40. The quantitative estimate of drug-likeness (QED) is 0.454.